The van der Waals surface area contributed by atoms with Gasteiger partial charge in [-0.3, -0.25) is 24.0 Å². The summed E-state index contributed by atoms with van der Waals surface area (Å²) in [6.45, 7) is 3.36. The van der Waals surface area contributed by atoms with Crippen molar-refractivity contribution in [1.82, 2.24) is 36.1 Å². The summed E-state index contributed by atoms with van der Waals surface area (Å²) in [5.41, 5.74) is 20.4. The zero-order chi connectivity index (χ0) is 44.9. The Bertz CT molecular complexity index is 2320. The topological polar surface area (TPSA) is 303 Å². The molecule has 1 aliphatic rings. The van der Waals surface area contributed by atoms with Crippen LogP contribution in [0.25, 0.3) is 22.5 Å². The van der Waals surface area contributed by atoms with Crippen molar-refractivity contribution in [2.45, 2.75) is 50.9 Å². The van der Waals surface area contributed by atoms with E-state index in [2.05, 4.69) is 31.2 Å². The lowest BCUT2D eigenvalue weighted by atomic mass is 9.93. The number of nitrogens with one attached hydrogen (secondary N) is 4. The molecule has 0 spiro atoms. The first-order chi connectivity index (χ1) is 29.8. The van der Waals surface area contributed by atoms with Gasteiger partial charge in [0.2, 0.25) is 23.6 Å². The number of aromatic hydroxyl groups is 1. The number of phenolic OH excluding ortho intramolecular Hbond substituents is 1. The minimum atomic E-state index is -1.42. The first kappa shape index (κ1) is 45.9. The van der Waals surface area contributed by atoms with E-state index in [1.165, 1.54) is 32.3 Å². The molecule has 0 saturated carbocycles. The molecule has 1 aliphatic heterocycles. The summed E-state index contributed by atoms with van der Waals surface area (Å²) < 4.78 is 12.1. The summed E-state index contributed by atoms with van der Waals surface area (Å²) in [6.07, 6.45) is 1.31. The Morgan fingerprint density at radius 2 is 1.61 bits per heavy atom. The second kappa shape index (κ2) is 21.4. The lowest BCUT2D eigenvalue weighted by Crippen LogP contribution is -2.56. The van der Waals surface area contributed by atoms with Crippen LogP contribution < -0.4 is 47.9 Å². The first-order valence-corrected chi connectivity index (χ1v) is 19.9. The fourth-order valence-corrected chi connectivity index (χ4v) is 6.81. The Morgan fingerprint density at radius 1 is 0.952 bits per heavy atom. The smallest absolute Gasteiger partial charge is 0.255 e. The van der Waals surface area contributed by atoms with Crippen LogP contribution in [0.3, 0.4) is 0 Å². The van der Waals surface area contributed by atoms with E-state index in [1.54, 1.807) is 55.5 Å². The van der Waals surface area contributed by atoms with E-state index in [0.717, 1.165) is 4.90 Å². The number of nitriles is 1. The molecule has 62 heavy (non-hydrogen) atoms. The van der Waals surface area contributed by atoms with Gasteiger partial charge in [0.25, 0.3) is 5.91 Å². The van der Waals surface area contributed by atoms with E-state index in [0.29, 0.717) is 50.8 Å². The van der Waals surface area contributed by atoms with Crippen LogP contribution in [0.1, 0.15) is 46.6 Å². The van der Waals surface area contributed by atoms with Crippen molar-refractivity contribution in [3.05, 3.63) is 89.2 Å². The van der Waals surface area contributed by atoms with E-state index in [1.807, 2.05) is 6.07 Å². The molecule has 3 aromatic carbocycles. The molecule has 1 aromatic heterocycles. The Morgan fingerprint density at radius 3 is 2.24 bits per heavy atom. The molecule has 2 heterocycles. The van der Waals surface area contributed by atoms with E-state index in [-0.39, 0.29) is 63.5 Å². The summed E-state index contributed by atoms with van der Waals surface area (Å²) in [6, 6.07) is 13.1. The summed E-state index contributed by atoms with van der Waals surface area (Å²) >= 11 is 0. The molecule has 5 amide bonds. The number of carbonyl (C=O) groups excluding carboxylic acids is 5. The average Bonchev–Trinajstić information content (AvgIpc) is 3.26. The van der Waals surface area contributed by atoms with Crippen molar-refractivity contribution in [3.63, 3.8) is 0 Å². The molecule has 326 valence electrons. The Kier molecular flexibility index (Phi) is 15.9. The van der Waals surface area contributed by atoms with Crippen LogP contribution in [0.5, 0.6) is 17.2 Å². The third-order valence-electron chi connectivity index (χ3n) is 9.96. The summed E-state index contributed by atoms with van der Waals surface area (Å²) in [4.78, 5) is 79.7. The fraction of sp³-hybridized carbons (Fsp3) is 0.349. The van der Waals surface area contributed by atoms with E-state index in [9.17, 15) is 29.1 Å². The molecule has 0 fully saturated rings. The molecule has 19 nitrogen and oxygen atoms in total. The maximum absolute atomic E-state index is 14.5. The molecule has 11 N–H and O–H groups in total. The normalized spacial score (nSPS) is 16.6. The van der Waals surface area contributed by atoms with Crippen molar-refractivity contribution in [3.8, 4) is 45.8 Å². The van der Waals surface area contributed by atoms with Crippen molar-refractivity contribution < 1.29 is 38.6 Å². The van der Waals surface area contributed by atoms with Gasteiger partial charge in [-0.15, -0.1) is 0 Å². The maximum Gasteiger partial charge on any atom is 0.255 e. The van der Waals surface area contributed by atoms with E-state index >= 15 is 0 Å². The molecule has 4 bridgehead atoms. The summed E-state index contributed by atoms with van der Waals surface area (Å²) in [5.74, 6) is -2.33. The molecule has 0 radical (unpaired) electrons. The van der Waals surface area contributed by atoms with Gasteiger partial charge in [-0.25, -0.2) is 9.97 Å². The van der Waals surface area contributed by atoms with Crippen molar-refractivity contribution in [2.24, 2.45) is 17.2 Å². The van der Waals surface area contributed by atoms with Gasteiger partial charge < -0.3 is 57.9 Å². The lowest BCUT2D eigenvalue weighted by molar-refractivity contribution is -0.141. The van der Waals surface area contributed by atoms with E-state index < -0.39 is 53.7 Å². The molecular weight excluding hydrogens is 799 g/mol. The maximum atomic E-state index is 14.5. The number of aromatic nitrogens is 2. The second-order valence-corrected chi connectivity index (χ2v) is 14.4. The van der Waals surface area contributed by atoms with Gasteiger partial charge in [0.15, 0.2) is 5.82 Å². The van der Waals surface area contributed by atoms with Gasteiger partial charge in [-0.1, -0.05) is 12.1 Å². The molecular formula is C43H51N11O8. The number of carbonyl (C=O) groups is 5. The third-order valence-corrected chi connectivity index (χ3v) is 9.96. The molecule has 5 rings (SSSR count). The van der Waals surface area contributed by atoms with Crippen molar-refractivity contribution in [1.29, 1.82) is 5.26 Å². The number of hydrogen-bond acceptors (Lipinski definition) is 14. The van der Waals surface area contributed by atoms with Crippen molar-refractivity contribution >= 4 is 29.5 Å². The zero-order valence-electron chi connectivity index (χ0n) is 34.6. The highest BCUT2D eigenvalue weighted by Crippen LogP contribution is 2.40. The van der Waals surface area contributed by atoms with Gasteiger partial charge >= 0.3 is 0 Å². The fourth-order valence-electron chi connectivity index (χ4n) is 6.81. The number of benzene rings is 3. The standard InChI is InChI=1S/C43H51N11O8/c1-24-32(23-49-38(50-24)27-5-8-29(55)9-6-27)40(57)52-33(12-13-44)43(60)54(3)37-28-7-11-36(62-19-16-47)31(22-28)30-20-26(4-10-35(30)61-18-15-46)21-34(41(58)48-17-14-45)53-39(56)25(2)51-42(37)59/h4-11,20,22-23,25,33-34,37,55H,12-13,15-19,21,44,46-47H2,1-3H3,(H,48,58)(H,51,59)(H,52,57)(H,53,56). The number of ether oxygens (including phenoxy) is 2. The Balaban J connectivity index is 1.58. The van der Waals surface area contributed by atoms with Gasteiger partial charge in [-0.2, -0.15) is 5.26 Å². The van der Waals surface area contributed by atoms with Crippen LogP contribution in [-0.4, -0.2) is 114 Å². The number of amides is 5. The number of likely N-dealkylation sites (N-methyl/N-ethyl adjacent to an activating group) is 1. The SMILES string of the molecule is Cc1nc(-c2ccc(O)cc2)ncc1C(=O)NC(CCN)C(=O)N(C)C1C(=O)NC(C)C(=O)NC(C(=O)NCC#N)Cc2ccc(OCCN)c(c2)-c2cc1ccc2OCCN. The highest BCUT2D eigenvalue weighted by atomic mass is 16.5. The molecule has 0 aliphatic carbocycles. The predicted octanol–water partition coefficient (Wildman–Crippen LogP) is 0.332. The summed E-state index contributed by atoms with van der Waals surface area (Å²) in [7, 11) is 1.39. The zero-order valence-corrected chi connectivity index (χ0v) is 34.6. The quantitative estimate of drug-likeness (QED) is 0.0749. The highest BCUT2D eigenvalue weighted by molar-refractivity contribution is 6.00. The number of aryl methyl sites for hydroxylation is 1. The van der Waals surface area contributed by atoms with Crippen LogP contribution in [0.4, 0.5) is 0 Å². The molecule has 0 saturated heterocycles. The number of nitrogens with zero attached hydrogens (tertiary/aromatic N) is 4. The summed E-state index contributed by atoms with van der Waals surface area (Å²) in [5, 5.41) is 29.4. The second-order valence-electron chi connectivity index (χ2n) is 14.4. The van der Waals surface area contributed by atoms with Crippen molar-refractivity contribution in [2.75, 3.05) is 46.4 Å². The first-order valence-electron chi connectivity index (χ1n) is 19.9. The van der Waals surface area contributed by atoms with Crippen LogP contribution in [0.2, 0.25) is 0 Å². The van der Waals surface area contributed by atoms with E-state index in [4.69, 9.17) is 31.9 Å². The number of rotatable bonds is 15. The Labute approximate surface area is 358 Å². The van der Waals surface area contributed by atoms with Crippen LogP contribution >= 0.6 is 0 Å². The average molecular weight is 850 g/mol. The number of nitrogens with two attached hydrogens (primary N) is 3. The lowest BCUT2D eigenvalue weighted by Gasteiger charge is -2.32. The van der Waals surface area contributed by atoms with Gasteiger partial charge in [0.05, 0.1) is 17.3 Å². The number of hydrogen-bond donors (Lipinski definition) is 8. The van der Waals surface area contributed by atoms with Gasteiger partial charge in [-0.05, 0) is 86.5 Å². The molecule has 4 unspecified atom stereocenters. The van der Waals surface area contributed by atoms with Crippen LogP contribution in [0, 0.1) is 18.3 Å². The monoisotopic (exact) mass is 849 g/mol. The Hall–Kier alpha value is -7.14. The number of phenols is 1. The van der Waals surface area contributed by atoms with Crippen LogP contribution in [-0.2, 0) is 25.6 Å². The predicted molar refractivity (Wildman–Crippen MR) is 227 cm³/mol. The highest BCUT2D eigenvalue weighted by Gasteiger charge is 2.36. The molecule has 19 heteroatoms. The van der Waals surface area contributed by atoms with Gasteiger partial charge in [0.1, 0.15) is 61.2 Å². The van der Waals surface area contributed by atoms with Crippen LogP contribution in [0.15, 0.2) is 66.9 Å². The minimum absolute atomic E-state index is 0.00511. The number of fused-ring (bicyclic) bond motifs is 5. The molecule has 4 atom stereocenters. The molecule has 4 aromatic rings. The third kappa shape index (κ3) is 11.2. The largest absolute Gasteiger partial charge is 0.508 e. The van der Waals surface area contributed by atoms with Gasteiger partial charge in [0, 0.05) is 49.4 Å². The minimum Gasteiger partial charge on any atom is -0.508 e.